The maximum atomic E-state index is 13.9. The van der Waals surface area contributed by atoms with Crippen LogP contribution in [0.4, 0.5) is 4.39 Å². The molecule has 21 heavy (non-hydrogen) atoms. The van der Waals surface area contributed by atoms with E-state index in [1.165, 1.54) is 16.8 Å². The van der Waals surface area contributed by atoms with Crippen LogP contribution in [0.1, 0.15) is 17.2 Å². The van der Waals surface area contributed by atoms with E-state index in [1.54, 1.807) is 12.1 Å². The molecule has 3 aromatic carbocycles. The summed E-state index contributed by atoms with van der Waals surface area (Å²) in [5.74, 6) is 5.38. The van der Waals surface area contributed by atoms with E-state index < -0.39 is 0 Å². The average Bonchev–Trinajstić information content (AvgIpc) is 2.53. The molecule has 0 saturated carbocycles. The van der Waals surface area contributed by atoms with Crippen molar-refractivity contribution in [1.29, 1.82) is 0 Å². The normalized spacial score (nSPS) is 12.5. The molecule has 2 nitrogen and oxygen atoms in total. The SMILES string of the molecule is NNC(Cc1ccc2ccccc2c1)c1ccccc1F. The van der Waals surface area contributed by atoms with Crippen LogP contribution in [-0.2, 0) is 6.42 Å². The van der Waals surface area contributed by atoms with Crippen LogP contribution in [-0.4, -0.2) is 0 Å². The zero-order chi connectivity index (χ0) is 14.7. The molecule has 106 valence electrons. The molecule has 0 saturated heterocycles. The number of hydrazine groups is 1. The number of fused-ring (bicyclic) bond motifs is 1. The Labute approximate surface area is 123 Å². The van der Waals surface area contributed by atoms with E-state index in [0.29, 0.717) is 12.0 Å². The average molecular weight is 280 g/mol. The molecule has 0 aromatic heterocycles. The lowest BCUT2D eigenvalue weighted by Crippen LogP contribution is -2.30. The molecule has 0 spiro atoms. The van der Waals surface area contributed by atoms with Gasteiger partial charge in [-0.15, -0.1) is 0 Å². The highest BCUT2D eigenvalue weighted by Gasteiger charge is 2.14. The maximum Gasteiger partial charge on any atom is 0.128 e. The largest absolute Gasteiger partial charge is 0.271 e. The molecule has 0 aliphatic heterocycles. The summed E-state index contributed by atoms with van der Waals surface area (Å²) in [6.45, 7) is 0. The fourth-order valence-electron chi connectivity index (χ4n) is 2.62. The zero-order valence-electron chi connectivity index (χ0n) is 11.6. The topological polar surface area (TPSA) is 38.0 Å². The summed E-state index contributed by atoms with van der Waals surface area (Å²) in [4.78, 5) is 0. The van der Waals surface area contributed by atoms with E-state index in [-0.39, 0.29) is 11.9 Å². The Balaban J connectivity index is 1.90. The first kappa shape index (κ1) is 13.7. The molecule has 0 bridgehead atoms. The van der Waals surface area contributed by atoms with Gasteiger partial charge in [0, 0.05) is 5.56 Å². The lowest BCUT2D eigenvalue weighted by molar-refractivity contribution is 0.511. The molecule has 3 rings (SSSR count). The van der Waals surface area contributed by atoms with E-state index in [9.17, 15) is 4.39 Å². The third-order valence-electron chi connectivity index (χ3n) is 3.74. The fourth-order valence-corrected chi connectivity index (χ4v) is 2.62. The number of rotatable bonds is 4. The van der Waals surface area contributed by atoms with E-state index in [2.05, 4.69) is 35.8 Å². The summed E-state index contributed by atoms with van der Waals surface area (Å²) in [5, 5.41) is 2.38. The minimum atomic E-state index is -0.243. The first-order chi connectivity index (χ1) is 10.3. The second-order valence-electron chi connectivity index (χ2n) is 5.13. The van der Waals surface area contributed by atoms with Crippen molar-refractivity contribution in [3.63, 3.8) is 0 Å². The quantitative estimate of drug-likeness (QED) is 0.564. The first-order valence-corrected chi connectivity index (χ1v) is 6.96. The molecule has 1 atom stereocenters. The van der Waals surface area contributed by atoms with Crippen molar-refractivity contribution in [1.82, 2.24) is 5.43 Å². The fraction of sp³-hybridized carbons (Fsp3) is 0.111. The van der Waals surface area contributed by atoms with Gasteiger partial charge in [-0.1, -0.05) is 60.7 Å². The summed E-state index contributed by atoms with van der Waals surface area (Å²) in [7, 11) is 0. The van der Waals surface area contributed by atoms with Crippen molar-refractivity contribution in [2.75, 3.05) is 0 Å². The third-order valence-corrected chi connectivity index (χ3v) is 3.74. The summed E-state index contributed by atoms with van der Waals surface area (Å²) in [6, 6.07) is 20.9. The second kappa shape index (κ2) is 6.04. The van der Waals surface area contributed by atoms with Crippen molar-refractivity contribution >= 4 is 10.8 Å². The smallest absolute Gasteiger partial charge is 0.128 e. The molecule has 3 N–H and O–H groups in total. The lowest BCUT2D eigenvalue weighted by atomic mass is 9.97. The Morgan fingerprint density at radius 2 is 1.62 bits per heavy atom. The van der Waals surface area contributed by atoms with Gasteiger partial charge in [0.25, 0.3) is 0 Å². The Morgan fingerprint density at radius 1 is 0.905 bits per heavy atom. The van der Waals surface area contributed by atoms with Crippen molar-refractivity contribution in [3.8, 4) is 0 Å². The van der Waals surface area contributed by atoms with Gasteiger partial charge in [-0.05, 0) is 28.8 Å². The van der Waals surface area contributed by atoms with Crippen LogP contribution in [0.15, 0.2) is 66.7 Å². The third kappa shape index (κ3) is 2.94. The number of benzene rings is 3. The molecule has 3 aromatic rings. The molecule has 0 radical (unpaired) electrons. The van der Waals surface area contributed by atoms with Gasteiger partial charge in [-0.3, -0.25) is 11.3 Å². The van der Waals surface area contributed by atoms with E-state index in [0.717, 1.165) is 5.56 Å². The summed E-state index contributed by atoms with van der Waals surface area (Å²) < 4.78 is 13.9. The van der Waals surface area contributed by atoms with Crippen LogP contribution in [0, 0.1) is 5.82 Å². The molecular formula is C18H17FN2. The molecular weight excluding hydrogens is 263 g/mol. The van der Waals surface area contributed by atoms with Crippen LogP contribution in [0.25, 0.3) is 10.8 Å². The van der Waals surface area contributed by atoms with Crippen LogP contribution >= 0.6 is 0 Å². The maximum absolute atomic E-state index is 13.9. The highest BCUT2D eigenvalue weighted by Crippen LogP contribution is 2.23. The van der Waals surface area contributed by atoms with Crippen LogP contribution in [0.3, 0.4) is 0 Å². The number of nitrogens with one attached hydrogen (secondary N) is 1. The lowest BCUT2D eigenvalue weighted by Gasteiger charge is -2.17. The molecule has 0 heterocycles. The van der Waals surface area contributed by atoms with Gasteiger partial charge in [0.05, 0.1) is 6.04 Å². The first-order valence-electron chi connectivity index (χ1n) is 6.96. The van der Waals surface area contributed by atoms with Crippen molar-refractivity contribution in [2.45, 2.75) is 12.5 Å². The predicted molar refractivity (Wildman–Crippen MR) is 84.1 cm³/mol. The number of nitrogens with two attached hydrogens (primary N) is 1. The van der Waals surface area contributed by atoms with Crippen molar-refractivity contribution < 1.29 is 4.39 Å². The van der Waals surface area contributed by atoms with Gasteiger partial charge in [-0.2, -0.15) is 0 Å². The summed E-state index contributed by atoms with van der Waals surface area (Å²) in [5.41, 5.74) is 4.43. The number of hydrogen-bond acceptors (Lipinski definition) is 2. The van der Waals surface area contributed by atoms with Gasteiger partial charge >= 0.3 is 0 Å². The van der Waals surface area contributed by atoms with Crippen LogP contribution in [0.2, 0.25) is 0 Å². The molecule has 0 aliphatic carbocycles. The van der Waals surface area contributed by atoms with Gasteiger partial charge in [0.2, 0.25) is 0 Å². The molecule has 0 amide bonds. The minimum Gasteiger partial charge on any atom is -0.271 e. The standard InChI is InChI=1S/C18H17FN2/c19-17-8-4-3-7-16(17)18(21-20)12-13-9-10-14-5-1-2-6-15(14)11-13/h1-11,18,21H,12,20H2. The Kier molecular flexibility index (Phi) is 3.95. The highest BCUT2D eigenvalue weighted by atomic mass is 19.1. The molecule has 0 aliphatic rings. The van der Waals surface area contributed by atoms with Gasteiger partial charge in [0.1, 0.15) is 5.82 Å². The summed E-state index contributed by atoms with van der Waals surface area (Å²) in [6.07, 6.45) is 0.641. The van der Waals surface area contributed by atoms with Crippen molar-refractivity contribution in [3.05, 3.63) is 83.7 Å². The monoisotopic (exact) mass is 280 g/mol. The molecule has 3 heteroatoms. The summed E-state index contributed by atoms with van der Waals surface area (Å²) >= 11 is 0. The second-order valence-corrected chi connectivity index (χ2v) is 5.13. The molecule has 0 fully saturated rings. The van der Waals surface area contributed by atoms with Gasteiger partial charge in [-0.25, -0.2) is 4.39 Å². The van der Waals surface area contributed by atoms with E-state index in [4.69, 9.17) is 5.84 Å². The van der Waals surface area contributed by atoms with Gasteiger partial charge in [0.15, 0.2) is 0 Å². The Bertz CT molecular complexity index is 755. The molecule has 1 unspecified atom stereocenters. The minimum absolute atomic E-state index is 0.235. The highest BCUT2D eigenvalue weighted by molar-refractivity contribution is 5.83. The number of halogens is 1. The zero-order valence-corrected chi connectivity index (χ0v) is 11.6. The van der Waals surface area contributed by atoms with Crippen LogP contribution in [0.5, 0.6) is 0 Å². The predicted octanol–water partition coefficient (Wildman–Crippen LogP) is 3.73. The Hall–Kier alpha value is -2.23. The van der Waals surface area contributed by atoms with Crippen LogP contribution < -0.4 is 11.3 Å². The van der Waals surface area contributed by atoms with E-state index in [1.807, 2.05) is 18.2 Å². The van der Waals surface area contributed by atoms with E-state index >= 15 is 0 Å². The van der Waals surface area contributed by atoms with Crippen molar-refractivity contribution in [2.24, 2.45) is 5.84 Å². The van der Waals surface area contributed by atoms with Gasteiger partial charge < -0.3 is 0 Å². The Morgan fingerprint density at radius 3 is 2.38 bits per heavy atom. The number of hydrogen-bond donors (Lipinski definition) is 2.